The number of anilines is 1. The molecule has 2 aromatic heterocycles. The zero-order chi connectivity index (χ0) is 22.2. The highest BCUT2D eigenvalue weighted by atomic mass is 32.2. The maximum absolute atomic E-state index is 13.2. The van der Waals surface area contributed by atoms with E-state index < -0.39 is 16.1 Å². The average molecular weight is 464 g/mol. The Balaban J connectivity index is 1.41. The Morgan fingerprint density at radius 3 is 2.55 bits per heavy atom. The van der Waals surface area contributed by atoms with E-state index in [1.807, 2.05) is 25.7 Å². The van der Waals surface area contributed by atoms with E-state index in [0.29, 0.717) is 43.0 Å². The Labute approximate surface area is 185 Å². The highest BCUT2D eigenvalue weighted by Crippen LogP contribution is 2.25. The van der Waals surface area contributed by atoms with Gasteiger partial charge in [0.15, 0.2) is 0 Å². The van der Waals surface area contributed by atoms with Crippen LogP contribution in [0, 0.1) is 0 Å². The fourth-order valence-electron chi connectivity index (χ4n) is 3.68. The first-order chi connectivity index (χ1) is 14.8. The molecule has 1 amide bonds. The molecule has 166 valence electrons. The maximum Gasteiger partial charge on any atom is 0.245 e. The Morgan fingerprint density at radius 1 is 1.10 bits per heavy atom. The highest BCUT2D eigenvalue weighted by Gasteiger charge is 2.33. The lowest BCUT2D eigenvalue weighted by molar-refractivity contribution is -0.121. The van der Waals surface area contributed by atoms with Crippen LogP contribution in [0.2, 0.25) is 0 Å². The second-order valence-electron chi connectivity index (χ2n) is 7.75. The molecule has 1 N–H and O–H groups in total. The van der Waals surface area contributed by atoms with Crippen molar-refractivity contribution in [3.05, 3.63) is 30.5 Å². The van der Waals surface area contributed by atoms with Crippen molar-refractivity contribution in [2.24, 2.45) is 0 Å². The van der Waals surface area contributed by atoms with Gasteiger partial charge >= 0.3 is 0 Å². The lowest BCUT2D eigenvalue weighted by Crippen LogP contribution is -2.54. The van der Waals surface area contributed by atoms with E-state index in [2.05, 4.69) is 19.2 Å². The van der Waals surface area contributed by atoms with Gasteiger partial charge in [-0.15, -0.1) is 0 Å². The van der Waals surface area contributed by atoms with Gasteiger partial charge in [-0.2, -0.15) is 18.2 Å². The van der Waals surface area contributed by atoms with Crippen LogP contribution < -0.4 is 5.32 Å². The summed E-state index contributed by atoms with van der Waals surface area (Å²) in [5, 5.41) is 7.16. The minimum atomic E-state index is -3.69. The van der Waals surface area contributed by atoms with E-state index in [4.69, 9.17) is 0 Å². The lowest BCUT2D eigenvalue weighted by Gasteiger charge is -2.36. The van der Waals surface area contributed by atoms with Gasteiger partial charge in [-0.3, -0.25) is 9.69 Å². The van der Waals surface area contributed by atoms with Gasteiger partial charge in [-0.25, -0.2) is 13.1 Å². The molecule has 0 unspecified atom stereocenters. The number of nitrogens with one attached hydrogen (secondary N) is 1. The third-order valence-corrected chi connectivity index (χ3v) is 7.95. The molecule has 1 aliphatic rings. The minimum Gasteiger partial charge on any atom is -0.310 e. The molecule has 3 heterocycles. The van der Waals surface area contributed by atoms with Gasteiger partial charge < -0.3 is 5.32 Å². The van der Waals surface area contributed by atoms with Crippen molar-refractivity contribution in [3.8, 4) is 0 Å². The van der Waals surface area contributed by atoms with Gasteiger partial charge in [-0.05, 0) is 32.9 Å². The van der Waals surface area contributed by atoms with Crippen molar-refractivity contribution < 1.29 is 13.2 Å². The number of carbonyl (C=O) groups is 1. The van der Waals surface area contributed by atoms with Crippen LogP contribution in [-0.4, -0.2) is 74.3 Å². The third-order valence-electron chi connectivity index (χ3n) is 5.48. The van der Waals surface area contributed by atoms with Gasteiger partial charge in [0.1, 0.15) is 21.7 Å². The summed E-state index contributed by atoms with van der Waals surface area (Å²) in [5.41, 5.74) is 0.986. The first-order valence-corrected chi connectivity index (χ1v) is 12.3. The molecule has 0 radical (unpaired) electrons. The van der Waals surface area contributed by atoms with E-state index >= 15 is 0 Å². The molecule has 4 rings (SSSR count). The van der Waals surface area contributed by atoms with Crippen molar-refractivity contribution in [2.45, 2.75) is 37.8 Å². The Morgan fingerprint density at radius 2 is 1.84 bits per heavy atom. The topological polar surface area (TPSA) is 113 Å². The molecule has 1 fully saturated rings. The van der Waals surface area contributed by atoms with Crippen molar-refractivity contribution in [2.75, 3.05) is 31.5 Å². The van der Waals surface area contributed by atoms with Crippen LogP contribution in [0.5, 0.6) is 0 Å². The van der Waals surface area contributed by atoms with Crippen LogP contribution in [0.15, 0.2) is 35.4 Å². The summed E-state index contributed by atoms with van der Waals surface area (Å²) in [4.78, 5) is 14.9. The van der Waals surface area contributed by atoms with Crippen LogP contribution in [0.1, 0.15) is 26.8 Å². The predicted molar refractivity (Wildman–Crippen MR) is 118 cm³/mol. The van der Waals surface area contributed by atoms with Gasteiger partial charge in [-0.1, -0.05) is 6.07 Å². The molecular weight excluding hydrogens is 438 g/mol. The number of sulfonamides is 1. The molecule has 31 heavy (non-hydrogen) atoms. The van der Waals surface area contributed by atoms with Crippen LogP contribution >= 0.6 is 11.7 Å². The molecule has 0 spiro atoms. The van der Waals surface area contributed by atoms with E-state index in [-0.39, 0.29) is 16.8 Å². The molecule has 0 bridgehead atoms. The molecule has 1 aliphatic heterocycles. The minimum absolute atomic E-state index is 0.131. The summed E-state index contributed by atoms with van der Waals surface area (Å²) in [6.07, 6.45) is 1.66. The normalized spacial score (nSPS) is 17.3. The van der Waals surface area contributed by atoms with Crippen molar-refractivity contribution in [1.29, 1.82) is 0 Å². The third kappa shape index (κ3) is 4.20. The first kappa shape index (κ1) is 21.8. The Kier molecular flexibility index (Phi) is 6.06. The number of piperazine rings is 1. The van der Waals surface area contributed by atoms with Crippen LogP contribution in [0.25, 0.3) is 11.0 Å². The number of hydrogen-bond donors (Lipinski definition) is 1. The van der Waals surface area contributed by atoms with Crippen molar-refractivity contribution in [3.63, 3.8) is 0 Å². The number of aromatic nitrogens is 4. The second kappa shape index (κ2) is 8.61. The van der Waals surface area contributed by atoms with E-state index in [1.165, 1.54) is 4.31 Å². The molecule has 10 nitrogen and oxygen atoms in total. The summed E-state index contributed by atoms with van der Waals surface area (Å²) in [7, 11) is -3.69. The molecule has 1 atom stereocenters. The summed E-state index contributed by atoms with van der Waals surface area (Å²) in [6.45, 7) is 7.35. The Bertz CT molecular complexity index is 1180. The van der Waals surface area contributed by atoms with Crippen LogP contribution in [0.3, 0.4) is 0 Å². The number of carbonyl (C=O) groups excluding carboxylic acids is 1. The van der Waals surface area contributed by atoms with Crippen molar-refractivity contribution >= 4 is 44.5 Å². The molecule has 1 saturated heterocycles. The Hall–Kier alpha value is -2.41. The highest BCUT2D eigenvalue weighted by molar-refractivity contribution is 7.89. The van der Waals surface area contributed by atoms with Crippen LogP contribution in [0.4, 0.5) is 5.82 Å². The maximum atomic E-state index is 13.2. The predicted octanol–water partition coefficient (Wildman–Crippen LogP) is 1.80. The number of rotatable bonds is 6. The number of benzene rings is 1. The number of fused-ring (bicyclic) bond motifs is 1. The SMILES string of the molecule is CC(C)n1nccc1NC(=O)[C@H](C)N1CCN(S(=O)(=O)c2cccc3nsnc23)CC1. The standard InChI is InChI=1S/C19H25N7O3S2/c1-13(2)26-17(7-8-20-26)21-19(27)14(3)24-9-11-25(12-10-24)31(28,29)16-6-4-5-15-18(16)23-30-22-15/h4-8,13-14H,9-12H2,1-3H3,(H,21,27)/t14-/m0/s1. The fraction of sp³-hybridized carbons (Fsp3) is 0.474. The molecule has 1 aromatic carbocycles. The molecule has 12 heteroatoms. The van der Waals surface area contributed by atoms with E-state index in [9.17, 15) is 13.2 Å². The molecular formula is C19H25N7O3S2. The molecule has 0 aliphatic carbocycles. The lowest BCUT2D eigenvalue weighted by atomic mass is 10.2. The first-order valence-electron chi connectivity index (χ1n) is 10.1. The average Bonchev–Trinajstić information content (AvgIpc) is 3.42. The van der Waals surface area contributed by atoms with Gasteiger partial charge in [0, 0.05) is 38.3 Å². The van der Waals surface area contributed by atoms with Gasteiger partial charge in [0.2, 0.25) is 15.9 Å². The summed E-state index contributed by atoms with van der Waals surface area (Å²) < 4.78 is 37.8. The molecule has 0 saturated carbocycles. The zero-order valence-corrected chi connectivity index (χ0v) is 19.2. The number of amides is 1. The quantitative estimate of drug-likeness (QED) is 0.593. The monoisotopic (exact) mass is 463 g/mol. The van der Waals surface area contributed by atoms with Gasteiger partial charge in [0.25, 0.3) is 0 Å². The summed E-state index contributed by atoms with van der Waals surface area (Å²) >= 11 is 0.999. The number of nitrogens with zero attached hydrogens (tertiary/aromatic N) is 6. The van der Waals surface area contributed by atoms with Crippen molar-refractivity contribution in [1.82, 2.24) is 27.7 Å². The summed E-state index contributed by atoms with van der Waals surface area (Å²) in [6, 6.07) is 6.50. The smallest absolute Gasteiger partial charge is 0.245 e. The number of hydrogen-bond acceptors (Lipinski definition) is 8. The van der Waals surface area contributed by atoms with Gasteiger partial charge in [0.05, 0.1) is 24.0 Å². The van der Waals surface area contributed by atoms with E-state index in [0.717, 1.165) is 11.7 Å². The zero-order valence-electron chi connectivity index (χ0n) is 17.6. The fourth-order valence-corrected chi connectivity index (χ4v) is 5.86. The second-order valence-corrected chi connectivity index (χ2v) is 10.2. The molecule has 3 aromatic rings. The van der Waals surface area contributed by atoms with E-state index in [1.54, 1.807) is 35.1 Å². The largest absolute Gasteiger partial charge is 0.310 e. The van der Waals surface area contributed by atoms with Crippen LogP contribution in [-0.2, 0) is 14.8 Å². The summed E-state index contributed by atoms with van der Waals surface area (Å²) in [5.74, 6) is 0.509.